The van der Waals surface area contributed by atoms with Crippen LogP contribution >= 0.6 is 0 Å². The lowest BCUT2D eigenvalue weighted by molar-refractivity contribution is -0.144. The van der Waals surface area contributed by atoms with Crippen LogP contribution in [-0.2, 0) is 11.0 Å². The number of anilines is 1. The number of alkyl halides is 3. The third kappa shape index (κ3) is 3.85. The van der Waals surface area contributed by atoms with Gasteiger partial charge < -0.3 is 20.9 Å². The topological polar surface area (TPSA) is 102 Å². The number of hydrogen-bond acceptors (Lipinski definition) is 4. The molecule has 0 fully saturated rings. The van der Waals surface area contributed by atoms with E-state index in [9.17, 15) is 22.8 Å². The molecule has 0 aliphatic carbocycles. The fourth-order valence-electron chi connectivity index (χ4n) is 1.80. The van der Waals surface area contributed by atoms with E-state index in [2.05, 4.69) is 5.32 Å². The first-order valence-electron chi connectivity index (χ1n) is 6.57. The molecule has 0 aliphatic rings. The van der Waals surface area contributed by atoms with Crippen LogP contribution in [0.25, 0.3) is 0 Å². The summed E-state index contributed by atoms with van der Waals surface area (Å²) in [5.41, 5.74) is 1.46. The van der Waals surface area contributed by atoms with E-state index in [1.807, 2.05) is 0 Å². The number of carboxylic acids is 1. The van der Waals surface area contributed by atoms with Crippen LogP contribution in [-0.4, -0.2) is 29.6 Å². The summed E-state index contributed by atoms with van der Waals surface area (Å²) < 4.78 is 43.6. The van der Waals surface area contributed by atoms with Crippen molar-refractivity contribution in [3.8, 4) is 5.75 Å². The summed E-state index contributed by atoms with van der Waals surface area (Å²) in [6.07, 6.45) is -4.72. The molecule has 0 saturated carbocycles. The Labute approximate surface area is 130 Å². The van der Waals surface area contributed by atoms with Gasteiger partial charge in [0.2, 0.25) is 0 Å². The molecule has 9 heteroatoms. The van der Waals surface area contributed by atoms with E-state index in [4.69, 9.17) is 15.6 Å². The van der Waals surface area contributed by atoms with Gasteiger partial charge in [-0.2, -0.15) is 13.2 Å². The van der Waals surface area contributed by atoms with E-state index >= 15 is 0 Å². The second kappa shape index (κ2) is 6.35. The lowest BCUT2D eigenvalue weighted by atomic mass is 9.98. The van der Waals surface area contributed by atoms with Gasteiger partial charge in [-0.15, -0.1) is 0 Å². The maximum Gasteiger partial charge on any atom is 0.418 e. The second-order valence-corrected chi connectivity index (χ2v) is 5.08. The highest BCUT2D eigenvalue weighted by atomic mass is 19.4. The molecule has 0 unspecified atom stereocenters. The summed E-state index contributed by atoms with van der Waals surface area (Å²) in [7, 11) is 1.16. The molecule has 0 heterocycles. The largest absolute Gasteiger partial charge is 0.496 e. The van der Waals surface area contributed by atoms with E-state index in [1.165, 1.54) is 13.8 Å². The first-order chi connectivity index (χ1) is 10.5. The van der Waals surface area contributed by atoms with Gasteiger partial charge in [0.1, 0.15) is 11.3 Å². The average molecular weight is 334 g/mol. The summed E-state index contributed by atoms with van der Waals surface area (Å²) in [4.78, 5) is 23.4. The van der Waals surface area contributed by atoms with E-state index in [0.717, 1.165) is 13.2 Å². The Balaban J connectivity index is 3.35. The monoisotopic (exact) mass is 334 g/mol. The summed E-state index contributed by atoms with van der Waals surface area (Å²) in [5, 5.41) is 11.3. The van der Waals surface area contributed by atoms with Crippen LogP contribution in [0.3, 0.4) is 0 Å². The Morgan fingerprint density at radius 1 is 1.35 bits per heavy atom. The zero-order valence-corrected chi connectivity index (χ0v) is 12.7. The number of methoxy groups -OCH3 is 1. The lowest BCUT2D eigenvalue weighted by Crippen LogP contribution is -2.51. The van der Waals surface area contributed by atoms with Gasteiger partial charge in [-0.05, 0) is 19.4 Å². The molecule has 128 valence electrons. The Morgan fingerprint density at radius 3 is 2.30 bits per heavy atom. The first kappa shape index (κ1) is 18.6. The van der Waals surface area contributed by atoms with E-state index < -0.39 is 40.4 Å². The SMILES string of the molecule is CC[C@@](C)(NC(=O)c1cc(C(F)(F)F)c(N)cc1OC)C(=O)O. The molecule has 0 aliphatic heterocycles. The molecular formula is C14H17F3N2O4. The zero-order chi connectivity index (χ0) is 18.0. The smallest absolute Gasteiger partial charge is 0.418 e. The first-order valence-corrected chi connectivity index (χ1v) is 6.57. The van der Waals surface area contributed by atoms with Gasteiger partial charge in [0.25, 0.3) is 5.91 Å². The minimum Gasteiger partial charge on any atom is -0.496 e. The average Bonchev–Trinajstić information content (AvgIpc) is 2.44. The molecule has 1 atom stereocenters. The number of rotatable bonds is 5. The number of nitrogens with two attached hydrogens (primary N) is 1. The zero-order valence-electron chi connectivity index (χ0n) is 12.7. The van der Waals surface area contributed by atoms with Crippen molar-refractivity contribution in [1.29, 1.82) is 0 Å². The number of carbonyl (C=O) groups is 2. The molecule has 6 nitrogen and oxygen atoms in total. The van der Waals surface area contributed by atoms with Gasteiger partial charge in [-0.3, -0.25) is 4.79 Å². The van der Waals surface area contributed by atoms with Crippen molar-refractivity contribution in [3.63, 3.8) is 0 Å². The van der Waals surface area contributed by atoms with E-state index in [1.54, 1.807) is 0 Å². The number of carbonyl (C=O) groups excluding carboxylic acids is 1. The van der Waals surface area contributed by atoms with Gasteiger partial charge in [0.15, 0.2) is 0 Å². The molecule has 0 saturated heterocycles. The third-order valence-corrected chi connectivity index (χ3v) is 3.49. The molecule has 1 aromatic carbocycles. The summed E-state index contributed by atoms with van der Waals surface area (Å²) >= 11 is 0. The van der Waals surface area contributed by atoms with Crippen LogP contribution in [0.5, 0.6) is 5.75 Å². The van der Waals surface area contributed by atoms with Crippen LogP contribution in [0.4, 0.5) is 18.9 Å². The van der Waals surface area contributed by atoms with Crippen molar-refractivity contribution in [2.24, 2.45) is 0 Å². The van der Waals surface area contributed by atoms with Crippen molar-refractivity contribution < 1.29 is 32.6 Å². The van der Waals surface area contributed by atoms with Crippen LogP contribution < -0.4 is 15.8 Å². The number of carboxylic acid groups (broad SMARTS) is 1. The van der Waals surface area contributed by atoms with Crippen molar-refractivity contribution >= 4 is 17.6 Å². The molecule has 0 spiro atoms. The Morgan fingerprint density at radius 2 is 1.91 bits per heavy atom. The maximum absolute atomic E-state index is 12.9. The van der Waals surface area contributed by atoms with Crippen molar-refractivity contribution in [3.05, 3.63) is 23.3 Å². The minimum atomic E-state index is -4.76. The quantitative estimate of drug-likeness (QED) is 0.717. The number of hydrogen-bond donors (Lipinski definition) is 3. The molecule has 0 aromatic heterocycles. The Hall–Kier alpha value is -2.45. The summed E-state index contributed by atoms with van der Waals surface area (Å²) in [6.45, 7) is 2.78. The standard InChI is InChI=1S/C14H17F3N2O4/c1-4-13(2,12(21)22)19-11(20)7-5-8(14(15,16)17)9(18)6-10(7)23-3/h5-6H,4,18H2,1-3H3,(H,19,20)(H,21,22)/t13-/m1/s1. The van der Waals surface area contributed by atoms with Crippen molar-refractivity contribution in [2.45, 2.75) is 32.0 Å². The normalized spacial score (nSPS) is 14.0. The minimum absolute atomic E-state index is 0.0392. The van der Waals surface area contributed by atoms with Crippen LogP contribution in [0.15, 0.2) is 12.1 Å². The molecule has 0 radical (unpaired) electrons. The Kier molecular flexibility index (Phi) is 5.13. The Bertz CT molecular complexity index is 631. The highest BCUT2D eigenvalue weighted by molar-refractivity contribution is 6.00. The lowest BCUT2D eigenvalue weighted by Gasteiger charge is -2.25. The maximum atomic E-state index is 12.9. The number of ether oxygens (including phenoxy) is 1. The predicted octanol–water partition coefficient (Wildman–Crippen LogP) is 2.28. The van der Waals surface area contributed by atoms with Crippen LogP contribution in [0.1, 0.15) is 36.2 Å². The van der Waals surface area contributed by atoms with E-state index in [0.29, 0.717) is 6.07 Å². The fourth-order valence-corrected chi connectivity index (χ4v) is 1.80. The van der Waals surface area contributed by atoms with Gasteiger partial charge in [-0.25, -0.2) is 4.79 Å². The summed E-state index contributed by atoms with van der Waals surface area (Å²) in [6, 6.07) is 1.42. The van der Waals surface area contributed by atoms with Crippen molar-refractivity contribution in [2.75, 3.05) is 12.8 Å². The number of nitrogens with one attached hydrogen (secondary N) is 1. The molecule has 0 bridgehead atoms. The number of aliphatic carboxylic acids is 1. The molecule has 23 heavy (non-hydrogen) atoms. The molecule has 1 aromatic rings. The van der Waals surface area contributed by atoms with Gasteiger partial charge in [0, 0.05) is 11.8 Å². The molecule has 4 N–H and O–H groups in total. The van der Waals surface area contributed by atoms with Gasteiger partial charge in [-0.1, -0.05) is 6.92 Å². The molecule has 1 amide bonds. The van der Waals surface area contributed by atoms with Crippen molar-refractivity contribution in [1.82, 2.24) is 5.32 Å². The molecule has 1 rings (SSSR count). The highest BCUT2D eigenvalue weighted by Crippen LogP contribution is 2.37. The number of nitrogen functional groups attached to an aromatic ring is 1. The number of halogens is 3. The third-order valence-electron chi connectivity index (χ3n) is 3.49. The van der Waals surface area contributed by atoms with Crippen LogP contribution in [0, 0.1) is 0 Å². The van der Waals surface area contributed by atoms with E-state index in [-0.39, 0.29) is 12.2 Å². The van der Waals surface area contributed by atoms with Gasteiger partial charge >= 0.3 is 12.1 Å². The van der Waals surface area contributed by atoms with Crippen LogP contribution in [0.2, 0.25) is 0 Å². The number of benzene rings is 1. The fraction of sp³-hybridized carbons (Fsp3) is 0.429. The highest BCUT2D eigenvalue weighted by Gasteiger charge is 2.37. The predicted molar refractivity (Wildman–Crippen MR) is 76.2 cm³/mol. The summed E-state index contributed by atoms with van der Waals surface area (Å²) in [5.74, 6) is -2.49. The molecular weight excluding hydrogens is 317 g/mol. The second-order valence-electron chi connectivity index (χ2n) is 5.08. The number of amides is 1. The van der Waals surface area contributed by atoms with Gasteiger partial charge in [0.05, 0.1) is 18.2 Å².